The standard InChI is InChI=1S/C27H31FN4O5S2/c1-17-6-4-7-19(24(17)28)8-5-13-32(15-23-31-25(18(2)38-23)21(33)16-39(29,35)36)26(34)27(11-12-27)22-10-9-20(37-3)14-30-22/h4,6-7,9-10,14H,5,8,11-13,15-16H2,1-3H3,(H2,29,35,36). The number of Topliss-reactive ketones (excluding diaryl/α,β-unsaturated/α-hetero) is 1. The third kappa shape index (κ3) is 6.68. The fourth-order valence-corrected chi connectivity index (χ4v) is 6.07. The van der Waals surface area contributed by atoms with Crippen LogP contribution in [-0.4, -0.2) is 54.4 Å². The van der Waals surface area contributed by atoms with Gasteiger partial charge in [0.2, 0.25) is 15.9 Å². The molecule has 0 aliphatic heterocycles. The Hall–Kier alpha value is -3.22. The molecule has 0 bridgehead atoms. The zero-order valence-electron chi connectivity index (χ0n) is 22.1. The van der Waals surface area contributed by atoms with Gasteiger partial charge in [0.25, 0.3) is 0 Å². The molecule has 2 heterocycles. The molecule has 39 heavy (non-hydrogen) atoms. The van der Waals surface area contributed by atoms with Crippen LogP contribution in [0.5, 0.6) is 5.75 Å². The van der Waals surface area contributed by atoms with E-state index >= 15 is 0 Å². The number of benzene rings is 1. The van der Waals surface area contributed by atoms with E-state index in [1.165, 1.54) is 11.3 Å². The second kappa shape index (κ2) is 11.5. The number of thiazole rings is 1. The number of amides is 1. The Morgan fingerprint density at radius 1 is 1.21 bits per heavy atom. The first kappa shape index (κ1) is 28.8. The van der Waals surface area contributed by atoms with Crippen LogP contribution in [-0.2, 0) is 33.2 Å². The molecule has 3 aromatic rings. The lowest BCUT2D eigenvalue weighted by Gasteiger charge is -2.27. The molecule has 1 saturated carbocycles. The van der Waals surface area contributed by atoms with Gasteiger partial charge in [-0.2, -0.15) is 0 Å². The van der Waals surface area contributed by atoms with Crippen LogP contribution in [0.3, 0.4) is 0 Å². The van der Waals surface area contributed by atoms with Gasteiger partial charge in [0, 0.05) is 11.4 Å². The zero-order chi connectivity index (χ0) is 28.4. The Bertz CT molecular complexity index is 1480. The number of primary sulfonamides is 1. The van der Waals surface area contributed by atoms with Crippen molar-refractivity contribution < 1.29 is 27.1 Å². The van der Waals surface area contributed by atoms with Gasteiger partial charge in [-0.05, 0) is 62.8 Å². The summed E-state index contributed by atoms with van der Waals surface area (Å²) in [6.07, 6.45) is 3.83. The Labute approximate surface area is 231 Å². The third-order valence-corrected chi connectivity index (χ3v) is 8.44. The molecule has 12 heteroatoms. The predicted octanol–water partition coefficient (Wildman–Crippen LogP) is 3.47. The van der Waals surface area contributed by atoms with E-state index in [0.717, 1.165) is 0 Å². The molecule has 0 saturated heterocycles. The van der Waals surface area contributed by atoms with Crippen LogP contribution < -0.4 is 9.88 Å². The maximum Gasteiger partial charge on any atom is 0.235 e. The second-order valence-corrected chi connectivity index (χ2v) is 12.7. The Kier molecular flexibility index (Phi) is 8.48. The highest BCUT2D eigenvalue weighted by atomic mass is 32.2. The van der Waals surface area contributed by atoms with Crippen molar-refractivity contribution in [2.45, 2.75) is 51.5 Å². The summed E-state index contributed by atoms with van der Waals surface area (Å²) in [6.45, 7) is 3.85. The highest BCUT2D eigenvalue weighted by molar-refractivity contribution is 7.89. The number of ether oxygens (including phenoxy) is 1. The molecule has 1 fully saturated rings. The molecule has 1 aliphatic carbocycles. The average Bonchev–Trinajstić information content (AvgIpc) is 3.61. The number of sulfonamides is 1. The quantitative estimate of drug-likeness (QED) is 0.328. The topological polar surface area (TPSA) is 133 Å². The maximum absolute atomic E-state index is 14.6. The van der Waals surface area contributed by atoms with Crippen molar-refractivity contribution in [3.05, 3.63) is 74.7 Å². The molecule has 1 aromatic carbocycles. The lowest BCUT2D eigenvalue weighted by Crippen LogP contribution is -2.40. The number of carbonyl (C=O) groups is 2. The van der Waals surface area contributed by atoms with Crippen molar-refractivity contribution in [2.24, 2.45) is 5.14 Å². The molecule has 1 aliphatic rings. The molecule has 2 aromatic heterocycles. The molecule has 9 nitrogen and oxygen atoms in total. The Balaban J connectivity index is 1.57. The molecule has 4 rings (SSSR count). The van der Waals surface area contributed by atoms with Crippen molar-refractivity contribution in [1.82, 2.24) is 14.9 Å². The summed E-state index contributed by atoms with van der Waals surface area (Å²) in [5.41, 5.74) is 1.08. The van der Waals surface area contributed by atoms with Crippen molar-refractivity contribution in [1.29, 1.82) is 0 Å². The summed E-state index contributed by atoms with van der Waals surface area (Å²) in [5, 5.41) is 5.53. The summed E-state index contributed by atoms with van der Waals surface area (Å²) in [5.74, 6) is -1.30. The summed E-state index contributed by atoms with van der Waals surface area (Å²) >= 11 is 1.23. The third-order valence-electron chi connectivity index (χ3n) is 6.82. The SMILES string of the molecule is COc1ccc(C2(C(=O)N(CCCc3cccc(C)c3F)Cc3nc(C(=O)CS(N)(=O)=O)c(C)s3)CC2)nc1. The lowest BCUT2D eigenvalue weighted by atomic mass is 9.99. The van der Waals surface area contributed by atoms with Crippen LogP contribution >= 0.6 is 11.3 Å². The predicted molar refractivity (Wildman–Crippen MR) is 146 cm³/mol. The minimum Gasteiger partial charge on any atom is -0.495 e. The van der Waals surface area contributed by atoms with Crippen LogP contribution in [0.4, 0.5) is 4.39 Å². The van der Waals surface area contributed by atoms with Crippen molar-refractivity contribution in [2.75, 3.05) is 19.4 Å². The number of ketones is 1. The molecular formula is C27H31FN4O5S2. The first-order valence-corrected chi connectivity index (χ1v) is 15.0. The first-order valence-electron chi connectivity index (χ1n) is 12.5. The molecule has 2 N–H and O–H groups in total. The van der Waals surface area contributed by atoms with Gasteiger partial charge in [0.1, 0.15) is 28.0 Å². The van der Waals surface area contributed by atoms with E-state index in [-0.39, 0.29) is 24.0 Å². The van der Waals surface area contributed by atoms with Gasteiger partial charge in [0.05, 0.1) is 31.0 Å². The maximum atomic E-state index is 14.6. The summed E-state index contributed by atoms with van der Waals surface area (Å²) in [7, 11) is -2.46. The van der Waals surface area contributed by atoms with E-state index in [0.29, 0.717) is 64.7 Å². The number of nitrogens with zero attached hydrogens (tertiary/aromatic N) is 3. The van der Waals surface area contributed by atoms with E-state index < -0.39 is 27.0 Å². The number of hydrogen-bond donors (Lipinski definition) is 1. The van der Waals surface area contributed by atoms with Crippen LogP contribution in [0.1, 0.15) is 56.5 Å². The number of carbonyl (C=O) groups excluding carboxylic acids is 2. The monoisotopic (exact) mass is 574 g/mol. The van der Waals surface area contributed by atoms with Gasteiger partial charge in [-0.25, -0.2) is 22.9 Å². The molecule has 0 atom stereocenters. The summed E-state index contributed by atoms with van der Waals surface area (Å²) < 4.78 is 42.6. The van der Waals surface area contributed by atoms with E-state index in [4.69, 9.17) is 9.88 Å². The Morgan fingerprint density at radius 2 is 1.95 bits per heavy atom. The lowest BCUT2D eigenvalue weighted by molar-refractivity contribution is -0.134. The van der Waals surface area contributed by atoms with Crippen LogP contribution in [0.15, 0.2) is 36.5 Å². The van der Waals surface area contributed by atoms with Crippen LogP contribution in [0.25, 0.3) is 0 Å². The zero-order valence-corrected chi connectivity index (χ0v) is 23.7. The van der Waals surface area contributed by atoms with Gasteiger partial charge in [-0.3, -0.25) is 14.6 Å². The second-order valence-electron chi connectivity index (χ2n) is 9.79. The number of aryl methyl sites for hydroxylation is 3. The van der Waals surface area contributed by atoms with Crippen molar-refractivity contribution in [3.63, 3.8) is 0 Å². The average molecular weight is 575 g/mol. The minimum atomic E-state index is -4.00. The molecule has 1 amide bonds. The fraction of sp³-hybridized carbons (Fsp3) is 0.407. The summed E-state index contributed by atoms with van der Waals surface area (Å²) in [6, 6.07) is 8.83. The van der Waals surface area contributed by atoms with Crippen molar-refractivity contribution >= 4 is 33.1 Å². The number of pyridine rings is 1. The van der Waals surface area contributed by atoms with Gasteiger partial charge in [0.15, 0.2) is 5.78 Å². The van der Waals surface area contributed by atoms with E-state index in [2.05, 4.69) is 9.97 Å². The highest BCUT2D eigenvalue weighted by Crippen LogP contribution is 2.49. The summed E-state index contributed by atoms with van der Waals surface area (Å²) in [4.78, 5) is 37.5. The molecule has 0 spiro atoms. The first-order chi connectivity index (χ1) is 18.4. The molecule has 0 radical (unpaired) electrons. The number of rotatable bonds is 12. The smallest absolute Gasteiger partial charge is 0.235 e. The van der Waals surface area contributed by atoms with Gasteiger partial charge >= 0.3 is 0 Å². The van der Waals surface area contributed by atoms with E-state index in [1.54, 1.807) is 56.3 Å². The van der Waals surface area contributed by atoms with E-state index in [1.807, 2.05) is 6.07 Å². The number of methoxy groups -OCH3 is 1. The molecule has 0 unspecified atom stereocenters. The normalized spacial score (nSPS) is 14.2. The van der Waals surface area contributed by atoms with Gasteiger partial charge < -0.3 is 9.64 Å². The number of halogens is 1. The molecular weight excluding hydrogens is 543 g/mol. The van der Waals surface area contributed by atoms with Crippen molar-refractivity contribution in [3.8, 4) is 5.75 Å². The highest BCUT2D eigenvalue weighted by Gasteiger charge is 2.54. The number of nitrogens with two attached hydrogens (primary N) is 1. The number of aromatic nitrogens is 2. The van der Waals surface area contributed by atoms with Gasteiger partial charge in [-0.1, -0.05) is 18.2 Å². The minimum absolute atomic E-state index is 0.0382. The van der Waals surface area contributed by atoms with Gasteiger partial charge in [-0.15, -0.1) is 11.3 Å². The number of hydrogen-bond acceptors (Lipinski definition) is 8. The Morgan fingerprint density at radius 3 is 2.56 bits per heavy atom. The van der Waals surface area contributed by atoms with Crippen LogP contribution in [0.2, 0.25) is 0 Å². The van der Waals surface area contributed by atoms with E-state index in [9.17, 15) is 22.4 Å². The largest absolute Gasteiger partial charge is 0.495 e. The molecule has 208 valence electrons. The van der Waals surface area contributed by atoms with Crippen LogP contribution in [0, 0.1) is 19.7 Å². The fourth-order valence-electron chi connectivity index (χ4n) is 4.60.